The second-order valence-electron chi connectivity index (χ2n) is 5.79. The Bertz CT molecular complexity index is 414. The van der Waals surface area contributed by atoms with Gasteiger partial charge in [-0.1, -0.05) is 30.4 Å². The lowest BCUT2D eigenvalue weighted by atomic mass is 9.82. The summed E-state index contributed by atoms with van der Waals surface area (Å²) in [7, 11) is 0. The van der Waals surface area contributed by atoms with Crippen LogP contribution in [-0.4, -0.2) is 6.18 Å². The summed E-state index contributed by atoms with van der Waals surface area (Å²) >= 11 is 0. The number of hydrogen-bond acceptors (Lipinski definition) is 0. The summed E-state index contributed by atoms with van der Waals surface area (Å²) in [5.74, 6) is 2.43. The highest BCUT2D eigenvalue weighted by molar-refractivity contribution is 5.28. The standard InChI is InChI=1S/C15H17F3/c16-15(17,18)14-5-2-10(3-6-14)7-13-9-11-1-4-12(13)8-11/h1-2,4-6,10-13H,3,7-9H2. The van der Waals surface area contributed by atoms with E-state index in [4.69, 9.17) is 0 Å². The van der Waals surface area contributed by atoms with Crippen LogP contribution in [0.15, 0.2) is 36.0 Å². The summed E-state index contributed by atoms with van der Waals surface area (Å²) in [5, 5.41) is 0. The molecule has 4 atom stereocenters. The van der Waals surface area contributed by atoms with Gasteiger partial charge in [0, 0.05) is 0 Å². The van der Waals surface area contributed by atoms with Gasteiger partial charge in [0.05, 0.1) is 5.57 Å². The molecule has 0 spiro atoms. The highest BCUT2D eigenvalue weighted by Crippen LogP contribution is 2.47. The minimum absolute atomic E-state index is 0.300. The van der Waals surface area contributed by atoms with Crippen LogP contribution in [0, 0.1) is 23.7 Å². The van der Waals surface area contributed by atoms with E-state index in [0.29, 0.717) is 24.2 Å². The van der Waals surface area contributed by atoms with E-state index in [1.165, 1.54) is 25.0 Å². The smallest absolute Gasteiger partial charge is 0.166 e. The molecule has 3 heteroatoms. The number of allylic oxidation sites excluding steroid dienone is 6. The SMILES string of the molecule is FC(F)(F)C1=CCC(CC2CC3C=CC2C3)C=C1. The minimum Gasteiger partial charge on any atom is -0.166 e. The van der Waals surface area contributed by atoms with Crippen molar-refractivity contribution in [3.8, 4) is 0 Å². The maximum Gasteiger partial charge on any atom is 0.416 e. The third kappa shape index (κ3) is 2.27. The molecule has 3 aliphatic carbocycles. The molecule has 3 rings (SSSR count). The lowest BCUT2D eigenvalue weighted by Gasteiger charge is -2.24. The van der Waals surface area contributed by atoms with Crippen molar-refractivity contribution in [2.24, 2.45) is 23.7 Å². The van der Waals surface area contributed by atoms with E-state index in [9.17, 15) is 13.2 Å². The van der Waals surface area contributed by atoms with E-state index in [0.717, 1.165) is 12.3 Å². The first kappa shape index (κ1) is 12.1. The lowest BCUT2D eigenvalue weighted by Crippen LogP contribution is -2.16. The average Bonchev–Trinajstić information content (AvgIpc) is 2.90. The monoisotopic (exact) mass is 254 g/mol. The largest absolute Gasteiger partial charge is 0.416 e. The third-order valence-corrected chi connectivity index (χ3v) is 4.54. The summed E-state index contributed by atoms with van der Waals surface area (Å²) in [6.45, 7) is 0. The van der Waals surface area contributed by atoms with Gasteiger partial charge in [-0.2, -0.15) is 13.2 Å². The molecule has 0 nitrogen and oxygen atoms in total. The Hall–Kier alpha value is -0.990. The van der Waals surface area contributed by atoms with Gasteiger partial charge in [-0.25, -0.2) is 0 Å². The fourth-order valence-corrected chi connectivity index (χ4v) is 3.60. The molecule has 4 unspecified atom stereocenters. The number of rotatable bonds is 2. The Morgan fingerprint density at radius 2 is 1.94 bits per heavy atom. The first-order chi connectivity index (χ1) is 8.52. The molecule has 0 N–H and O–H groups in total. The van der Waals surface area contributed by atoms with Crippen LogP contribution in [0.4, 0.5) is 13.2 Å². The van der Waals surface area contributed by atoms with Crippen LogP contribution in [0.25, 0.3) is 0 Å². The van der Waals surface area contributed by atoms with Gasteiger partial charge in [0.25, 0.3) is 0 Å². The van der Waals surface area contributed by atoms with Crippen LogP contribution in [0.2, 0.25) is 0 Å². The first-order valence-corrected chi connectivity index (χ1v) is 6.66. The highest BCUT2D eigenvalue weighted by atomic mass is 19.4. The second-order valence-corrected chi connectivity index (χ2v) is 5.79. The maximum absolute atomic E-state index is 12.5. The van der Waals surface area contributed by atoms with E-state index < -0.39 is 11.7 Å². The van der Waals surface area contributed by atoms with Crippen molar-refractivity contribution in [1.29, 1.82) is 0 Å². The molecular formula is C15H17F3. The zero-order valence-corrected chi connectivity index (χ0v) is 10.2. The predicted octanol–water partition coefficient (Wildman–Crippen LogP) is 4.65. The Kier molecular flexibility index (Phi) is 2.87. The average molecular weight is 254 g/mol. The maximum atomic E-state index is 12.5. The van der Waals surface area contributed by atoms with Crippen LogP contribution in [0.5, 0.6) is 0 Å². The van der Waals surface area contributed by atoms with E-state index in [1.807, 2.05) is 0 Å². The number of fused-ring (bicyclic) bond motifs is 2. The van der Waals surface area contributed by atoms with Crippen LogP contribution in [0.3, 0.4) is 0 Å². The number of halogens is 3. The Balaban J connectivity index is 1.57. The van der Waals surface area contributed by atoms with Gasteiger partial charge >= 0.3 is 6.18 Å². The van der Waals surface area contributed by atoms with Crippen LogP contribution in [-0.2, 0) is 0 Å². The Morgan fingerprint density at radius 3 is 2.44 bits per heavy atom. The van der Waals surface area contributed by atoms with Crippen LogP contribution < -0.4 is 0 Å². The molecule has 0 aromatic rings. The normalized spacial score (nSPS) is 38.3. The van der Waals surface area contributed by atoms with Gasteiger partial charge in [0.15, 0.2) is 0 Å². The van der Waals surface area contributed by atoms with Crippen molar-refractivity contribution < 1.29 is 13.2 Å². The predicted molar refractivity (Wildman–Crippen MR) is 64.8 cm³/mol. The van der Waals surface area contributed by atoms with Gasteiger partial charge in [0.1, 0.15) is 0 Å². The molecule has 2 bridgehead atoms. The molecule has 0 amide bonds. The van der Waals surface area contributed by atoms with Crippen LogP contribution >= 0.6 is 0 Å². The second kappa shape index (κ2) is 4.29. The molecule has 0 aromatic carbocycles. The molecule has 1 fully saturated rings. The van der Waals surface area contributed by atoms with Gasteiger partial charge in [0.2, 0.25) is 0 Å². The Morgan fingerprint density at radius 1 is 1.11 bits per heavy atom. The molecule has 1 saturated carbocycles. The fourth-order valence-electron chi connectivity index (χ4n) is 3.60. The van der Waals surface area contributed by atoms with Gasteiger partial charge in [-0.05, 0) is 49.4 Å². The molecule has 0 aliphatic heterocycles. The molecular weight excluding hydrogens is 237 g/mol. The van der Waals surface area contributed by atoms with Crippen molar-refractivity contribution in [3.05, 3.63) is 36.0 Å². The zero-order valence-electron chi connectivity index (χ0n) is 10.2. The molecule has 18 heavy (non-hydrogen) atoms. The van der Waals surface area contributed by atoms with E-state index in [-0.39, 0.29) is 0 Å². The molecule has 0 saturated heterocycles. The van der Waals surface area contributed by atoms with Crippen LogP contribution in [0.1, 0.15) is 25.7 Å². The zero-order chi connectivity index (χ0) is 12.8. The quantitative estimate of drug-likeness (QED) is 0.629. The van der Waals surface area contributed by atoms with Crippen molar-refractivity contribution in [2.45, 2.75) is 31.9 Å². The topological polar surface area (TPSA) is 0 Å². The first-order valence-electron chi connectivity index (χ1n) is 6.66. The third-order valence-electron chi connectivity index (χ3n) is 4.54. The van der Waals surface area contributed by atoms with E-state index in [2.05, 4.69) is 12.2 Å². The summed E-state index contributed by atoms with van der Waals surface area (Å²) in [6.07, 6.45) is 8.90. The van der Waals surface area contributed by atoms with E-state index >= 15 is 0 Å². The van der Waals surface area contributed by atoms with Gasteiger partial charge < -0.3 is 0 Å². The minimum atomic E-state index is -4.18. The molecule has 3 aliphatic rings. The van der Waals surface area contributed by atoms with Gasteiger partial charge in [-0.3, -0.25) is 0 Å². The molecule has 0 aromatic heterocycles. The van der Waals surface area contributed by atoms with Crippen molar-refractivity contribution >= 4 is 0 Å². The fraction of sp³-hybridized carbons (Fsp3) is 0.600. The van der Waals surface area contributed by atoms with E-state index in [1.54, 1.807) is 6.08 Å². The summed E-state index contributed by atoms with van der Waals surface area (Å²) < 4.78 is 37.4. The summed E-state index contributed by atoms with van der Waals surface area (Å²) in [5.41, 5.74) is -0.480. The number of alkyl halides is 3. The molecule has 0 heterocycles. The van der Waals surface area contributed by atoms with Crippen molar-refractivity contribution in [3.63, 3.8) is 0 Å². The Labute approximate surface area is 105 Å². The lowest BCUT2D eigenvalue weighted by molar-refractivity contribution is -0.0887. The number of hydrogen-bond donors (Lipinski definition) is 0. The summed E-state index contributed by atoms with van der Waals surface area (Å²) in [6, 6.07) is 0. The van der Waals surface area contributed by atoms with Crippen molar-refractivity contribution in [2.75, 3.05) is 0 Å². The summed E-state index contributed by atoms with van der Waals surface area (Å²) in [4.78, 5) is 0. The molecule has 0 radical (unpaired) electrons. The van der Waals surface area contributed by atoms with Crippen molar-refractivity contribution in [1.82, 2.24) is 0 Å². The highest BCUT2D eigenvalue weighted by Gasteiger charge is 2.37. The van der Waals surface area contributed by atoms with Gasteiger partial charge in [-0.15, -0.1) is 0 Å². The molecule has 98 valence electrons.